The van der Waals surface area contributed by atoms with Gasteiger partial charge in [-0.3, -0.25) is 0 Å². The Morgan fingerprint density at radius 2 is 0.714 bits per heavy atom. The Kier molecular flexibility index (Phi) is 18.2. The van der Waals surface area contributed by atoms with Crippen molar-refractivity contribution in [3.63, 3.8) is 0 Å². The van der Waals surface area contributed by atoms with Gasteiger partial charge in [0, 0.05) is 6.61 Å². The molecule has 1 saturated heterocycles. The van der Waals surface area contributed by atoms with Crippen LogP contribution >= 0.6 is 0 Å². The van der Waals surface area contributed by atoms with E-state index in [9.17, 15) is 0 Å². The molecule has 0 saturated carbocycles. The van der Waals surface area contributed by atoms with Gasteiger partial charge in [-0.25, -0.2) is 0 Å². The van der Waals surface area contributed by atoms with Crippen molar-refractivity contribution < 1.29 is 29.1 Å². The summed E-state index contributed by atoms with van der Waals surface area (Å²) >= 11 is 0. The molecule has 7 nitrogen and oxygen atoms in total. The lowest BCUT2D eigenvalue weighted by molar-refractivity contribution is 0.231. The second-order valence-electron chi connectivity index (χ2n) is 17.7. The lowest BCUT2D eigenvalue weighted by Gasteiger charge is -2.39. The average molecular weight is 752 g/mol. The van der Waals surface area contributed by atoms with E-state index in [4.69, 9.17) is 29.1 Å². The molecule has 16 heteroatoms. The maximum Gasteiger partial charge on any atom is 0.321 e. The van der Waals surface area contributed by atoms with Crippen LogP contribution < -0.4 is 0 Å². The minimum Gasteiger partial charge on any atom is -0.437 e. The van der Waals surface area contributed by atoms with Crippen molar-refractivity contribution in [1.29, 1.82) is 0 Å². The highest BCUT2D eigenvalue weighted by Crippen LogP contribution is 2.25. The van der Waals surface area contributed by atoms with Crippen molar-refractivity contribution in [2.75, 3.05) is 6.61 Å². The molecule has 1 rings (SSSR count). The maximum atomic E-state index is 6.28. The minimum absolute atomic E-state index is 0.906. The van der Waals surface area contributed by atoms with E-state index < -0.39 is 75.8 Å². The molecule has 0 bridgehead atoms. The first-order valence-corrected chi connectivity index (χ1v) is 43.8. The summed E-state index contributed by atoms with van der Waals surface area (Å²) in [4.78, 5) is 0. The molecule has 0 aromatic carbocycles. The number of hydrogen-bond acceptors (Lipinski definition) is 7. The molecule has 1 heterocycles. The van der Waals surface area contributed by atoms with Crippen molar-refractivity contribution in [2.24, 2.45) is 0 Å². The smallest absolute Gasteiger partial charge is 0.321 e. The van der Waals surface area contributed by atoms with Crippen LogP contribution in [0.15, 0.2) is 0 Å². The Morgan fingerprint density at radius 3 is 1.00 bits per heavy atom. The summed E-state index contributed by atoms with van der Waals surface area (Å²) < 4.78 is 42.7. The van der Waals surface area contributed by atoms with Gasteiger partial charge in [-0.15, -0.1) is 0 Å². The third-order valence-electron chi connectivity index (χ3n) is 4.84. The summed E-state index contributed by atoms with van der Waals surface area (Å²) in [5, 5.41) is 0. The van der Waals surface area contributed by atoms with Crippen LogP contribution in [0.25, 0.3) is 0 Å². The summed E-state index contributed by atoms with van der Waals surface area (Å²) in [6.45, 7) is 49.2. The third kappa shape index (κ3) is 30.3. The molecule has 0 spiro atoms. The molecule has 0 amide bonds. The highest BCUT2D eigenvalue weighted by molar-refractivity contribution is 6.89. The van der Waals surface area contributed by atoms with Gasteiger partial charge in [-0.2, -0.15) is 0 Å². The predicted molar refractivity (Wildman–Crippen MR) is 207 cm³/mol. The standard InChI is InChI=1S/C10H30O3Si4.C8H24O2Si3.C8H20O2Si2/c1-14(2,3)11-16(7,8)13-17(9,10)12-15(4,5)6;1-11(2,3)9-13(7,8)10-12(4,5)6;1-11(2)8-6-5-7-9-12(3,4)10-11/h1-10H3;1-8H3;5-8H2,1-4H3. The fourth-order valence-corrected chi connectivity index (χ4v) is 43.0. The van der Waals surface area contributed by atoms with E-state index >= 15 is 0 Å². The van der Waals surface area contributed by atoms with Crippen molar-refractivity contribution >= 4 is 75.8 Å². The summed E-state index contributed by atoms with van der Waals surface area (Å²) in [5.41, 5.74) is 0. The van der Waals surface area contributed by atoms with Crippen molar-refractivity contribution in [2.45, 2.75) is 163 Å². The molecule has 42 heavy (non-hydrogen) atoms. The lowest BCUT2D eigenvalue weighted by Crippen LogP contribution is -2.55. The molecule has 0 atom stereocenters. The molecule has 0 aromatic rings. The normalized spacial score (nSPS) is 19.0. The molecule has 0 N–H and O–H groups in total. The molecule has 1 aliphatic rings. The van der Waals surface area contributed by atoms with E-state index in [1.807, 2.05) is 0 Å². The average Bonchev–Trinajstić information content (AvgIpc) is 2.49. The van der Waals surface area contributed by atoms with Crippen molar-refractivity contribution in [3.05, 3.63) is 0 Å². The minimum atomic E-state index is -2.05. The van der Waals surface area contributed by atoms with Gasteiger partial charge in [0.05, 0.1) is 0 Å². The largest absolute Gasteiger partial charge is 0.437 e. The van der Waals surface area contributed by atoms with Crippen LogP contribution in [0.4, 0.5) is 0 Å². The van der Waals surface area contributed by atoms with Gasteiger partial charge >= 0.3 is 34.2 Å². The quantitative estimate of drug-likeness (QED) is 0.206. The Labute approximate surface area is 273 Å². The van der Waals surface area contributed by atoms with Gasteiger partial charge in [-0.05, 0) is 156 Å². The Balaban J connectivity index is 0. The Bertz CT molecular complexity index is 721. The van der Waals surface area contributed by atoms with E-state index in [0.29, 0.717) is 0 Å². The zero-order valence-corrected chi connectivity index (χ0v) is 41.2. The summed E-state index contributed by atoms with van der Waals surface area (Å²) in [6, 6.07) is 1.30. The van der Waals surface area contributed by atoms with E-state index in [-0.39, 0.29) is 0 Å². The summed E-state index contributed by atoms with van der Waals surface area (Å²) in [7, 11) is -15.0. The van der Waals surface area contributed by atoms with Crippen LogP contribution in [0.3, 0.4) is 0 Å². The Morgan fingerprint density at radius 1 is 0.429 bits per heavy atom. The zero-order valence-electron chi connectivity index (χ0n) is 32.2. The van der Waals surface area contributed by atoms with Crippen LogP contribution in [0.2, 0.25) is 150 Å². The first-order valence-electron chi connectivity index (χ1n) is 15.8. The van der Waals surface area contributed by atoms with Gasteiger partial charge < -0.3 is 29.1 Å². The Hall–Kier alpha value is 1.67. The molecular weight excluding hydrogens is 677 g/mol. The molecule has 256 valence electrons. The molecule has 0 aliphatic carbocycles. The second-order valence-corrected chi connectivity index (χ2v) is 55.0. The second kappa shape index (κ2) is 16.7. The van der Waals surface area contributed by atoms with Crippen LogP contribution in [0, 0.1) is 0 Å². The third-order valence-corrected chi connectivity index (χ3v) is 33.1. The first-order chi connectivity index (χ1) is 17.9. The fraction of sp³-hybridized carbons (Fsp3) is 1.00. The molecular formula is C26H74O7Si9. The van der Waals surface area contributed by atoms with Crippen LogP contribution in [-0.4, -0.2) is 82.4 Å². The SMILES string of the molecule is C[Si](C)(C)O[Si](C)(C)O[Si](C)(C)C.C[Si](C)(C)O[Si](C)(C)O[Si](C)(C)O[Si](C)(C)C.C[Si]1(C)CCCCO[Si](C)(C)O1. The number of rotatable bonds is 10. The molecule has 0 aromatic heterocycles. The van der Waals surface area contributed by atoms with Gasteiger partial charge in [0.15, 0.2) is 41.6 Å². The van der Waals surface area contributed by atoms with Gasteiger partial charge in [0.25, 0.3) is 0 Å². The highest BCUT2D eigenvalue weighted by atomic mass is 28.5. The molecule has 0 radical (unpaired) electrons. The van der Waals surface area contributed by atoms with Gasteiger partial charge in [0.2, 0.25) is 0 Å². The van der Waals surface area contributed by atoms with E-state index in [0.717, 1.165) is 6.61 Å². The first kappa shape index (κ1) is 45.8. The zero-order chi connectivity index (χ0) is 34.3. The van der Waals surface area contributed by atoms with Crippen molar-refractivity contribution in [1.82, 2.24) is 0 Å². The van der Waals surface area contributed by atoms with Gasteiger partial charge in [-0.1, -0.05) is 6.42 Å². The molecule has 0 unspecified atom stereocenters. The van der Waals surface area contributed by atoms with Crippen LogP contribution in [0.1, 0.15) is 12.8 Å². The maximum absolute atomic E-state index is 6.28. The summed E-state index contributed by atoms with van der Waals surface area (Å²) in [6.07, 6.45) is 2.50. The van der Waals surface area contributed by atoms with E-state index in [1.54, 1.807) is 0 Å². The number of hydrogen-bond donors (Lipinski definition) is 0. The van der Waals surface area contributed by atoms with E-state index in [1.165, 1.54) is 18.9 Å². The van der Waals surface area contributed by atoms with Crippen molar-refractivity contribution in [3.8, 4) is 0 Å². The van der Waals surface area contributed by atoms with E-state index in [2.05, 4.69) is 144 Å². The summed E-state index contributed by atoms with van der Waals surface area (Å²) in [5.74, 6) is 0. The highest BCUT2D eigenvalue weighted by Gasteiger charge is 2.41. The van der Waals surface area contributed by atoms with Gasteiger partial charge in [0.1, 0.15) is 0 Å². The molecule has 1 fully saturated rings. The van der Waals surface area contributed by atoms with Crippen LogP contribution in [0.5, 0.6) is 0 Å². The fourth-order valence-electron chi connectivity index (χ4n) is 5.32. The predicted octanol–water partition coefficient (Wildman–Crippen LogP) is 10.2. The van der Waals surface area contributed by atoms with Crippen LogP contribution in [-0.2, 0) is 29.1 Å². The monoisotopic (exact) mass is 750 g/mol. The topological polar surface area (TPSA) is 64.6 Å². The molecule has 1 aliphatic heterocycles. The lowest BCUT2D eigenvalue weighted by atomic mass is 10.4.